The van der Waals surface area contributed by atoms with Gasteiger partial charge in [-0.1, -0.05) is 0 Å². The van der Waals surface area contributed by atoms with Crippen LogP contribution in [0.25, 0.3) is 21.6 Å². The molecule has 0 saturated heterocycles. The van der Waals surface area contributed by atoms with Crippen LogP contribution in [0.1, 0.15) is 34.1 Å². The van der Waals surface area contributed by atoms with Crippen molar-refractivity contribution in [3.63, 3.8) is 0 Å². The Morgan fingerprint density at radius 1 is 1.13 bits per heavy atom. The van der Waals surface area contributed by atoms with Crippen LogP contribution in [0.5, 0.6) is 17.4 Å². The molecule has 0 fully saturated rings. The second kappa shape index (κ2) is 7.50. The number of carbonyl (C=O) groups is 1. The van der Waals surface area contributed by atoms with Crippen LogP contribution in [0.2, 0.25) is 0 Å². The van der Waals surface area contributed by atoms with E-state index in [0.717, 1.165) is 35.0 Å². The smallest absolute Gasteiger partial charge is 0.232 e. The second-order valence-electron chi connectivity index (χ2n) is 7.16. The number of benzene rings is 1. The van der Waals surface area contributed by atoms with E-state index in [-0.39, 0.29) is 5.78 Å². The van der Waals surface area contributed by atoms with Crippen molar-refractivity contribution in [1.82, 2.24) is 15.0 Å². The summed E-state index contributed by atoms with van der Waals surface area (Å²) in [5.41, 5.74) is 2.68. The first kappa shape index (κ1) is 18.7. The van der Waals surface area contributed by atoms with Crippen molar-refractivity contribution < 1.29 is 14.3 Å². The lowest BCUT2D eigenvalue weighted by atomic mass is 10.1. The molecule has 0 amide bonds. The number of hydrogen-bond acceptors (Lipinski definition) is 7. The molecule has 0 radical (unpaired) electrons. The van der Waals surface area contributed by atoms with Crippen LogP contribution in [0.3, 0.4) is 0 Å². The van der Waals surface area contributed by atoms with E-state index in [0.29, 0.717) is 28.8 Å². The van der Waals surface area contributed by atoms with Crippen molar-refractivity contribution >= 4 is 27.3 Å². The number of carbonyl (C=O) groups excluding carboxylic acids is 1. The number of methoxy groups -OCH3 is 1. The van der Waals surface area contributed by atoms with Crippen LogP contribution in [0.4, 0.5) is 0 Å². The fraction of sp³-hybridized carbons (Fsp3) is 0.217. The molecule has 150 valence electrons. The predicted molar refractivity (Wildman–Crippen MR) is 116 cm³/mol. The summed E-state index contributed by atoms with van der Waals surface area (Å²) >= 11 is 1.71. The van der Waals surface area contributed by atoms with Gasteiger partial charge in [-0.2, -0.15) is 4.98 Å². The monoisotopic (exact) mass is 417 g/mol. The molecule has 0 saturated carbocycles. The number of rotatable bonds is 5. The van der Waals surface area contributed by atoms with Gasteiger partial charge in [0.15, 0.2) is 23.1 Å². The van der Waals surface area contributed by atoms with Gasteiger partial charge < -0.3 is 9.47 Å². The number of Topliss-reactive ketones (excluding diaryl/α,β-unsaturated/α-hetero) is 1. The van der Waals surface area contributed by atoms with Gasteiger partial charge in [-0.25, -0.2) is 4.98 Å². The Bertz CT molecular complexity index is 1270. The van der Waals surface area contributed by atoms with E-state index in [1.807, 2.05) is 12.1 Å². The van der Waals surface area contributed by atoms with E-state index in [1.165, 1.54) is 17.4 Å². The molecule has 1 aromatic carbocycles. The number of thiophene rings is 1. The van der Waals surface area contributed by atoms with Crippen molar-refractivity contribution in [2.24, 2.45) is 0 Å². The fourth-order valence-electron chi connectivity index (χ4n) is 3.74. The highest BCUT2D eigenvalue weighted by Crippen LogP contribution is 2.43. The molecule has 0 atom stereocenters. The maximum atomic E-state index is 11.7. The highest BCUT2D eigenvalue weighted by Gasteiger charge is 2.24. The summed E-state index contributed by atoms with van der Waals surface area (Å²) in [5, 5.41) is 0.970. The van der Waals surface area contributed by atoms with E-state index in [2.05, 4.69) is 4.98 Å². The third-order valence-corrected chi connectivity index (χ3v) is 6.41. The van der Waals surface area contributed by atoms with E-state index in [1.54, 1.807) is 49.0 Å². The van der Waals surface area contributed by atoms with Gasteiger partial charge in [-0.3, -0.25) is 9.78 Å². The molecule has 1 aliphatic carbocycles. The zero-order valence-electron chi connectivity index (χ0n) is 16.6. The molecule has 4 aromatic rings. The topological polar surface area (TPSA) is 74.2 Å². The molecule has 5 rings (SSSR count). The molecule has 30 heavy (non-hydrogen) atoms. The number of ketones is 1. The highest BCUT2D eigenvalue weighted by molar-refractivity contribution is 7.19. The zero-order chi connectivity index (χ0) is 20.7. The van der Waals surface area contributed by atoms with Crippen molar-refractivity contribution in [2.75, 3.05) is 7.11 Å². The molecule has 0 aliphatic heterocycles. The molecular formula is C23H19N3O3S. The minimum atomic E-state index is -0.0289. The number of aromatic nitrogens is 3. The average Bonchev–Trinajstić information content (AvgIpc) is 3.35. The number of ether oxygens (including phenoxy) is 2. The first-order chi connectivity index (χ1) is 14.6. The maximum absolute atomic E-state index is 11.7. The molecule has 3 aromatic heterocycles. The lowest BCUT2D eigenvalue weighted by Crippen LogP contribution is -1.99. The van der Waals surface area contributed by atoms with Gasteiger partial charge in [0, 0.05) is 28.4 Å². The molecule has 0 bridgehead atoms. The van der Waals surface area contributed by atoms with Crippen LogP contribution in [0, 0.1) is 0 Å². The number of pyridine rings is 1. The molecule has 0 N–H and O–H groups in total. The number of nitrogens with zero attached hydrogens (tertiary/aromatic N) is 3. The Morgan fingerprint density at radius 3 is 2.80 bits per heavy atom. The molecule has 1 aliphatic rings. The van der Waals surface area contributed by atoms with Crippen molar-refractivity contribution in [3.05, 3.63) is 58.7 Å². The molecule has 3 heterocycles. The lowest BCUT2D eigenvalue weighted by Gasteiger charge is -2.13. The summed E-state index contributed by atoms with van der Waals surface area (Å²) in [5.74, 6) is 2.05. The third-order valence-electron chi connectivity index (χ3n) is 5.23. The largest absolute Gasteiger partial charge is 0.493 e. The summed E-state index contributed by atoms with van der Waals surface area (Å²) in [4.78, 5) is 27.8. The Morgan fingerprint density at radius 2 is 2.03 bits per heavy atom. The predicted octanol–water partition coefficient (Wildman–Crippen LogP) is 5.25. The van der Waals surface area contributed by atoms with Crippen LogP contribution in [0.15, 0.2) is 42.7 Å². The van der Waals surface area contributed by atoms with Gasteiger partial charge in [0.25, 0.3) is 0 Å². The normalized spacial score (nSPS) is 12.7. The Labute approximate surface area is 177 Å². The van der Waals surface area contributed by atoms with Crippen LogP contribution < -0.4 is 9.47 Å². The molecule has 7 heteroatoms. The van der Waals surface area contributed by atoms with E-state index >= 15 is 0 Å². The van der Waals surface area contributed by atoms with Crippen molar-refractivity contribution in [2.45, 2.75) is 26.2 Å². The maximum Gasteiger partial charge on any atom is 0.232 e. The van der Waals surface area contributed by atoms with Crippen LogP contribution >= 0.6 is 11.3 Å². The minimum Gasteiger partial charge on any atom is -0.493 e. The zero-order valence-corrected chi connectivity index (χ0v) is 17.5. The highest BCUT2D eigenvalue weighted by atomic mass is 32.1. The number of aryl methyl sites for hydroxylation is 2. The van der Waals surface area contributed by atoms with Crippen molar-refractivity contribution in [3.8, 4) is 28.8 Å². The first-order valence-corrected chi connectivity index (χ1v) is 10.5. The summed E-state index contributed by atoms with van der Waals surface area (Å²) in [7, 11) is 1.56. The van der Waals surface area contributed by atoms with Gasteiger partial charge in [-0.05, 0) is 62.1 Å². The van der Waals surface area contributed by atoms with Gasteiger partial charge in [-0.15, -0.1) is 11.3 Å². The molecular weight excluding hydrogens is 398 g/mol. The van der Waals surface area contributed by atoms with Gasteiger partial charge in [0.1, 0.15) is 4.83 Å². The van der Waals surface area contributed by atoms with E-state index in [4.69, 9.17) is 19.4 Å². The second-order valence-corrected chi connectivity index (χ2v) is 8.24. The molecule has 0 spiro atoms. The minimum absolute atomic E-state index is 0.0289. The summed E-state index contributed by atoms with van der Waals surface area (Å²) in [6.07, 6.45) is 6.67. The number of hydrogen-bond donors (Lipinski definition) is 0. The first-order valence-electron chi connectivity index (χ1n) is 9.73. The quantitative estimate of drug-likeness (QED) is 0.413. The lowest BCUT2D eigenvalue weighted by molar-refractivity contribution is 0.101. The number of fused-ring (bicyclic) bond motifs is 3. The standard InChI is InChI=1S/C23H19N3O3S/c1-13(27)14-8-9-17(18(11-14)28-2)29-22-20-16-6-3-7-19(16)30-23(20)26-21(25-22)15-5-4-10-24-12-15/h4-5,8-12H,3,6-7H2,1-2H3. The summed E-state index contributed by atoms with van der Waals surface area (Å²) in [6, 6.07) is 8.97. The Kier molecular flexibility index (Phi) is 4.67. The molecule has 0 unspecified atom stereocenters. The van der Waals surface area contributed by atoms with Gasteiger partial charge >= 0.3 is 0 Å². The summed E-state index contributed by atoms with van der Waals surface area (Å²) < 4.78 is 11.8. The Hall–Kier alpha value is -3.32. The third kappa shape index (κ3) is 3.21. The molecule has 6 nitrogen and oxygen atoms in total. The van der Waals surface area contributed by atoms with Crippen LogP contribution in [-0.2, 0) is 12.8 Å². The fourth-order valence-corrected chi connectivity index (χ4v) is 4.99. The average molecular weight is 417 g/mol. The summed E-state index contributed by atoms with van der Waals surface area (Å²) in [6.45, 7) is 1.53. The van der Waals surface area contributed by atoms with Gasteiger partial charge in [0.2, 0.25) is 5.88 Å². The van der Waals surface area contributed by atoms with Gasteiger partial charge in [0.05, 0.1) is 12.5 Å². The SMILES string of the molecule is COc1cc(C(C)=O)ccc1Oc1nc(-c2cccnc2)nc2sc3c(c12)CCC3. The van der Waals surface area contributed by atoms with E-state index in [9.17, 15) is 4.79 Å². The Balaban J connectivity index is 1.67. The van der Waals surface area contributed by atoms with Crippen LogP contribution in [-0.4, -0.2) is 27.8 Å². The van der Waals surface area contributed by atoms with Crippen molar-refractivity contribution in [1.29, 1.82) is 0 Å². The van der Waals surface area contributed by atoms with E-state index < -0.39 is 0 Å².